The summed E-state index contributed by atoms with van der Waals surface area (Å²) in [5.41, 5.74) is 1.30. The highest BCUT2D eigenvalue weighted by molar-refractivity contribution is 5.94. The summed E-state index contributed by atoms with van der Waals surface area (Å²) in [6.07, 6.45) is -2.89. The highest BCUT2D eigenvalue weighted by atomic mass is 19.4. The van der Waals surface area contributed by atoms with Gasteiger partial charge in [0, 0.05) is 31.1 Å². The minimum Gasteiger partial charge on any atom is -0.352 e. The molecule has 0 heterocycles. The molecule has 2 rings (SSSR count). The fourth-order valence-corrected chi connectivity index (χ4v) is 3.62. The van der Waals surface area contributed by atoms with Crippen LogP contribution < -0.4 is 5.32 Å². The molecule has 1 aliphatic rings. The van der Waals surface area contributed by atoms with Crippen molar-refractivity contribution in [3.05, 3.63) is 35.4 Å². The van der Waals surface area contributed by atoms with Gasteiger partial charge >= 0.3 is 6.18 Å². The zero-order chi connectivity index (χ0) is 20.0. The quantitative estimate of drug-likeness (QED) is 0.801. The van der Waals surface area contributed by atoms with Crippen LogP contribution in [0.15, 0.2) is 24.3 Å². The Bertz CT molecular complexity index is 640. The monoisotopic (exact) mass is 384 g/mol. The van der Waals surface area contributed by atoms with E-state index < -0.39 is 23.9 Å². The molecular formula is C20H27F3N2O2. The zero-order valence-electron chi connectivity index (χ0n) is 15.8. The van der Waals surface area contributed by atoms with Crippen LogP contribution in [0.25, 0.3) is 0 Å². The Hall–Kier alpha value is -2.05. The second kappa shape index (κ2) is 9.24. The maximum atomic E-state index is 13.1. The molecule has 0 spiro atoms. The van der Waals surface area contributed by atoms with Gasteiger partial charge in [0.2, 0.25) is 5.91 Å². The highest BCUT2D eigenvalue weighted by Crippen LogP contribution is 2.41. The molecule has 1 fully saturated rings. The molecule has 0 aromatic heterocycles. The lowest BCUT2D eigenvalue weighted by atomic mass is 9.78. The largest absolute Gasteiger partial charge is 0.392 e. The van der Waals surface area contributed by atoms with Crippen molar-refractivity contribution in [1.82, 2.24) is 10.2 Å². The van der Waals surface area contributed by atoms with Crippen LogP contribution >= 0.6 is 0 Å². The van der Waals surface area contributed by atoms with E-state index in [1.54, 1.807) is 29.2 Å². The predicted octanol–water partition coefficient (Wildman–Crippen LogP) is 4.15. The van der Waals surface area contributed by atoms with Crippen molar-refractivity contribution in [3.63, 3.8) is 0 Å². The van der Waals surface area contributed by atoms with Gasteiger partial charge in [-0.05, 0) is 44.4 Å². The van der Waals surface area contributed by atoms with E-state index >= 15 is 0 Å². The van der Waals surface area contributed by atoms with E-state index in [4.69, 9.17) is 0 Å². The van der Waals surface area contributed by atoms with Crippen molar-refractivity contribution in [3.8, 4) is 0 Å². The topological polar surface area (TPSA) is 49.4 Å². The third-order valence-corrected chi connectivity index (χ3v) is 5.24. The van der Waals surface area contributed by atoms with E-state index in [-0.39, 0.29) is 25.3 Å². The maximum absolute atomic E-state index is 13.1. The molecule has 1 aromatic carbocycles. The van der Waals surface area contributed by atoms with Crippen molar-refractivity contribution >= 4 is 11.8 Å². The van der Waals surface area contributed by atoms with Crippen LogP contribution in [0, 0.1) is 11.8 Å². The van der Waals surface area contributed by atoms with Crippen LogP contribution in [-0.4, -0.2) is 36.0 Å². The summed E-state index contributed by atoms with van der Waals surface area (Å²) in [6, 6.07) is 6.81. The number of amides is 2. The average molecular weight is 384 g/mol. The normalized spacial score (nSPS) is 20.2. The molecule has 0 aliphatic heterocycles. The molecule has 2 amide bonds. The first kappa shape index (κ1) is 21.3. The SMILES string of the molecule is CCN(CC)C(=O)c1ccc(CNC(=O)C2CCCCC2C(F)(F)F)cc1. The summed E-state index contributed by atoms with van der Waals surface area (Å²) < 4.78 is 39.4. The lowest BCUT2D eigenvalue weighted by Crippen LogP contribution is -2.42. The molecule has 0 radical (unpaired) electrons. The van der Waals surface area contributed by atoms with E-state index in [1.165, 1.54) is 0 Å². The Kier molecular flexibility index (Phi) is 7.27. The fourth-order valence-electron chi connectivity index (χ4n) is 3.62. The first-order valence-corrected chi connectivity index (χ1v) is 9.50. The van der Waals surface area contributed by atoms with Gasteiger partial charge in [0.1, 0.15) is 0 Å². The van der Waals surface area contributed by atoms with Crippen molar-refractivity contribution in [2.24, 2.45) is 11.8 Å². The molecule has 4 nitrogen and oxygen atoms in total. The van der Waals surface area contributed by atoms with E-state index in [0.717, 1.165) is 5.56 Å². The van der Waals surface area contributed by atoms with E-state index in [0.29, 0.717) is 31.5 Å². The first-order chi connectivity index (χ1) is 12.8. The number of rotatable bonds is 6. The fraction of sp³-hybridized carbons (Fsp3) is 0.600. The van der Waals surface area contributed by atoms with Gasteiger partial charge in [-0.2, -0.15) is 13.2 Å². The molecule has 1 aliphatic carbocycles. The van der Waals surface area contributed by atoms with Crippen LogP contribution in [0.3, 0.4) is 0 Å². The summed E-state index contributed by atoms with van der Waals surface area (Å²) in [4.78, 5) is 26.3. The molecule has 0 bridgehead atoms. The minimum atomic E-state index is -4.34. The van der Waals surface area contributed by atoms with Gasteiger partial charge in [-0.1, -0.05) is 25.0 Å². The molecule has 7 heteroatoms. The second-order valence-electron chi connectivity index (χ2n) is 6.93. The molecule has 0 saturated heterocycles. The van der Waals surface area contributed by atoms with Crippen LogP contribution in [-0.2, 0) is 11.3 Å². The number of carbonyl (C=O) groups excluding carboxylic acids is 2. The summed E-state index contributed by atoms with van der Waals surface area (Å²) in [6.45, 7) is 5.21. The number of hydrogen-bond donors (Lipinski definition) is 1. The van der Waals surface area contributed by atoms with Gasteiger partial charge in [0.15, 0.2) is 0 Å². The van der Waals surface area contributed by atoms with Crippen LogP contribution in [0.1, 0.15) is 55.5 Å². The number of benzene rings is 1. The number of hydrogen-bond acceptors (Lipinski definition) is 2. The highest BCUT2D eigenvalue weighted by Gasteiger charge is 2.47. The molecule has 2 atom stereocenters. The Balaban J connectivity index is 1.96. The smallest absolute Gasteiger partial charge is 0.352 e. The molecule has 1 saturated carbocycles. The van der Waals surface area contributed by atoms with Crippen LogP contribution in [0.5, 0.6) is 0 Å². The van der Waals surface area contributed by atoms with Crippen LogP contribution in [0.4, 0.5) is 13.2 Å². The van der Waals surface area contributed by atoms with Gasteiger partial charge in [-0.15, -0.1) is 0 Å². The van der Waals surface area contributed by atoms with Gasteiger partial charge in [0.25, 0.3) is 5.91 Å². The van der Waals surface area contributed by atoms with Crippen LogP contribution in [0.2, 0.25) is 0 Å². The van der Waals surface area contributed by atoms with E-state index in [2.05, 4.69) is 5.32 Å². The second-order valence-corrected chi connectivity index (χ2v) is 6.93. The Morgan fingerprint density at radius 3 is 2.22 bits per heavy atom. The number of nitrogens with one attached hydrogen (secondary N) is 1. The average Bonchev–Trinajstić information content (AvgIpc) is 2.66. The van der Waals surface area contributed by atoms with Crippen molar-refractivity contribution in [2.45, 2.75) is 52.3 Å². The lowest BCUT2D eigenvalue weighted by Gasteiger charge is -2.32. The van der Waals surface area contributed by atoms with Crippen molar-refractivity contribution in [1.29, 1.82) is 0 Å². The zero-order valence-corrected chi connectivity index (χ0v) is 15.8. The summed E-state index contributed by atoms with van der Waals surface area (Å²) in [5.74, 6) is -3.17. The summed E-state index contributed by atoms with van der Waals surface area (Å²) in [5, 5.41) is 2.63. The number of halogens is 3. The summed E-state index contributed by atoms with van der Waals surface area (Å²) >= 11 is 0. The minimum absolute atomic E-state index is 0.0176. The molecule has 1 N–H and O–H groups in total. The first-order valence-electron chi connectivity index (χ1n) is 9.50. The molecule has 1 aromatic rings. The molecule has 27 heavy (non-hydrogen) atoms. The number of nitrogens with zero attached hydrogens (tertiary/aromatic N) is 1. The Labute approximate surface area is 158 Å². The van der Waals surface area contributed by atoms with E-state index in [1.807, 2.05) is 13.8 Å². The van der Waals surface area contributed by atoms with Gasteiger partial charge in [-0.25, -0.2) is 0 Å². The predicted molar refractivity (Wildman–Crippen MR) is 97.0 cm³/mol. The maximum Gasteiger partial charge on any atom is 0.392 e. The van der Waals surface area contributed by atoms with Gasteiger partial charge in [-0.3, -0.25) is 9.59 Å². The molecular weight excluding hydrogens is 357 g/mol. The number of alkyl halides is 3. The molecule has 2 unspecified atom stereocenters. The van der Waals surface area contributed by atoms with Crippen molar-refractivity contribution < 1.29 is 22.8 Å². The summed E-state index contributed by atoms with van der Waals surface area (Å²) in [7, 11) is 0. The number of carbonyl (C=O) groups is 2. The third-order valence-electron chi connectivity index (χ3n) is 5.24. The van der Waals surface area contributed by atoms with Gasteiger partial charge < -0.3 is 10.2 Å². The Morgan fingerprint density at radius 2 is 1.67 bits per heavy atom. The van der Waals surface area contributed by atoms with Gasteiger partial charge in [0.05, 0.1) is 5.92 Å². The lowest BCUT2D eigenvalue weighted by molar-refractivity contribution is -0.198. The van der Waals surface area contributed by atoms with E-state index in [9.17, 15) is 22.8 Å². The third kappa shape index (κ3) is 5.47. The standard InChI is InChI=1S/C20H27F3N2O2/c1-3-25(4-2)19(27)15-11-9-14(10-12-15)13-24-18(26)16-7-5-6-8-17(16)20(21,22)23/h9-12,16-17H,3-8,13H2,1-2H3,(H,24,26). The Morgan fingerprint density at radius 1 is 1.07 bits per heavy atom. The molecule has 150 valence electrons. The van der Waals surface area contributed by atoms with Crippen molar-refractivity contribution in [2.75, 3.05) is 13.1 Å².